The van der Waals surface area contributed by atoms with Crippen LogP contribution in [0.3, 0.4) is 0 Å². The fourth-order valence-electron chi connectivity index (χ4n) is 2.50. The number of aromatic nitrogens is 4. The molecule has 0 saturated carbocycles. The quantitative estimate of drug-likeness (QED) is 0.784. The lowest BCUT2D eigenvalue weighted by Crippen LogP contribution is -2.07. The number of nitrogens with two attached hydrogens (primary N) is 1. The Morgan fingerprint density at radius 3 is 2.90 bits per heavy atom. The van der Waals surface area contributed by atoms with Gasteiger partial charge in [-0.1, -0.05) is 6.92 Å². The minimum absolute atomic E-state index is 0.274. The van der Waals surface area contributed by atoms with Gasteiger partial charge in [0.25, 0.3) is 0 Å². The van der Waals surface area contributed by atoms with E-state index >= 15 is 0 Å². The lowest BCUT2D eigenvalue weighted by molar-refractivity contribution is 0.629. The fraction of sp³-hybridized carbons (Fsp3) is 0.333. The van der Waals surface area contributed by atoms with Gasteiger partial charge in [0, 0.05) is 31.9 Å². The molecule has 6 heteroatoms. The van der Waals surface area contributed by atoms with E-state index in [-0.39, 0.29) is 5.82 Å². The highest BCUT2D eigenvalue weighted by atomic mass is 19.1. The Morgan fingerprint density at radius 1 is 1.29 bits per heavy atom. The second kappa shape index (κ2) is 5.65. The third-order valence-corrected chi connectivity index (χ3v) is 3.41. The number of halogens is 1. The molecule has 0 saturated heterocycles. The van der Waals surface area contributed by atoms with Gasteiger partial charge in [-0.2, -0.15) is 0 Å². The summed E-state index contributed by atoms with van der Waals surface area (Å²) in [4.78, 5) is 8.95. The smallest absolute Gasteiger partial charge is 0.161 e. The highest BCUT2D eigenvalue weighted by molar-refractivity contribution is 5.80. The summed E-state index contributed by atoms with van der Waals surface area (Å²) in [6.45, 7) is 4.20. The van der Waals surface area contributed by atoms with Gasteiger partial charge in [0.1, 0.15) is 11.5 Å². The molecule has 0 spiro atoms. The summed E-state index contributed by atoms with van der Waals surface area (Å²) in [5, 5.41) is 0. The maximum atomic E-state index is 13.4. The number of hydrogen-bond acceptors (Lipinski definition) is 3. The van der Waals surface area contributed by atoms with Gasteiger partial charge >= 0.3 is 0 Å². The Bertz CT molecular complexity index is 759. The molecule has 0 amide bonds. The molecule has 2 N–H and O–H groups in total. The second-order valence-electron chi connectivity index (χ2n) is 5.01. The summed E-state index contributed by atoms with van der Waals surface area (Å²) in [5.41, 5.74) is 7.93. The number of nitrogens with zero attached hydrogens (tertiary/aromatic N) is 4. The van der Waals surface area contributed by atoms with Crippen LogP contribution in [0.2, 0.25) is 0 Å². The molecular weight excluding hydrogens is 269 g/mol. The minimum atomic E-state index is -0.274. The Labute approximate surface area is 122 Å². The Hall–Kier alpha value is -2.21. The molecule has 21 heavy (non-hydrogen) atoms. The summed E-state index contributed by atoms with van der Waals surface area (Å²) in [7, 11) is 0. The van der Waals surface area contributed by atoms with Crippen LogP contribution in [0.4, 0.5) is 4.39 Å². The maximum absolute atomic E-state index is 13.4. The molecule has 3 aromatic rings. The highest BCUT2D eigenvalue weighted by Gasteiger charge is 2.14. The van der Waals surface area contributed by atoms with E-state index in [1.165, 1.54) is 12.1 Å². The molecule has 0 unspecified atom stereocenters. The third kappa shape index (κ3) is 2.54. The molecule has 0 aliphatic heterocycles. The third-order valence-electron chi connectivity index (χ3n) is 3.41. The number of benzene rings is 1. The van der Waals surface area contributed by atoms with E-state index in [0.717, 1.165) is 36.5 Å². The predicted molar refractivity (Wildman–Crippen MR) is 80.3 cm³/mol. The molecule has 5 nitrogen and oxygen atoms in total. The zero-order chi connectivity index (χ0) is 14.8. The van der Waals surface area contributed by atoms with E-state index in [9.17, 15) is 4.39 Å². The Balaban J connectivity index is 2.12. The zero-order valence-corrected chi connectivity index (χ0v) is 12.0. The number of rotatable bonds is 5. The Morgan fingerprint density at radius 2 is 2.14 bits per heavy atom. The van der Waals surface area contributed by atoms with Gasteiger partial charge in [-0.3, -0.25) is 0 Å². The van der Waals surface area contributed by atoms with Crippen molar-refractivity contribution in [2.24, 2.45) is 5.73 Å². The fourth-order valence-corrected chi connectivity index (χ4v) is 2.50. The average molecular weight is 287 g/mol. The van der Waals surface area contributed by atoms with Crippen molar-refractivity contribution in [3.05, 3.63) is 36.5 Å². The van der Waals surface area contributed by atoms with Crippen LogP contribution in [-0.2, 0) is 13.1 Å². The average Bonchev–Trinajstić information content (AvgIpc) is 3.04. The minimum Gasteiger partial charge on any atom is -0.335 e. The van der Waals surface area contributed by atoms with Gasteiger partial charge in [-0.25, -0.2) is 14.4 Å². The van der Waals surface area contributed by atoms with Crippen LogP contribution in [0.5, 0.6) is 0 Å². The van der Waals surface area contributed by atoms with Crippen molar-refractivity contribution in [2.45, 2.75) is 26.4 Å². The second-order valence-corrected chi connectivity index (χ2v) is 5.01. The van der Waals surface area contributed by atoms with Crippen molar-refractivity contribution < 1.29 is 4.39 Å². The summed E-state index contributed by atoms with van der Waals surface area (Å²) < 4.78 is 17.4. The van der Waals surface area contributed by atoms with Crippen molar-refractivity contribution in [3.8, 4) is 11.5 Å². The number of fused-ring (bicyclic) bond motifs is 1. The number of hydrogen-bond donors (Lipinski definition) is 1. The zero-order valence-electron chi connectivity index (χ0n) is 12.0. The van der Waals surface area contributed by atoms with Crippen molar-refractivity contribution in [1.29, 1.82) is 0 Å². The molecular formula is C15H18FN5. The van der Waals surface area contributed by atoms with Gasteiger partial charge in [-0.05, 0) is 18.6 Å². The van der Waals surface area contributed by atoms with Crippen LogP contribution in [0.25, 0.3) is 22.6 Å². The van der Waals surface area contributed by atoms with E-state index < -0.39 is 0 Å². The molecule has 0 aliphatic carbocycles. The van der Waals surface area contributed by atoms with Crippen LogP contribution in [-0.4, -0.2) is 25.6 Å². The molecule has 0 atom stereocenters. The summed E-state index contributed by atoms with van der Waals surface area (Å²) >= 11 is 0. The van der Waals surface area contributed by atoms with Crippen molar-refractivity contribution in [1.82, 2.24) is 19.1 Å². The standard InChI is InChI=1S/C15H18FN5/c1-2-6-21-14-4-3-11(16)8-12(14)19-15(21)13-9-20(7-5-17)10-18-13/h3-4,8-10H,2,5-7,17H2,1H3. The monoisotopic (exact) mass is 287 g/mol. The topological polar surface area (TPSA) is 61.7 Å². The molecule has 0 bridgehead atoms. The van der Waals surface area contributed by atoms with Crippen LogP contribution >= 0.6 is 0 Å². The van der Waals surface area contributed by atoms with Gasteiger partial charge < -0.3 is 14.9 Å². The van der Waals surface area contributed by atoms with Crippen LogP contribution in [0, 0.1) is 5.82 Å². The summed E-state index contributed by atoms with van der Waals surface area (Å²) in [6, 6.07) is 4.70. The first-order valence-corrected chi connectivity index (χ1v) is 7.11. The lowest BCUT2D eigenvalue weighted by atomic mass is 10.3. The van der Waals surface area contributed by atoms with Gasteiger partial charge in [0.15, 0.2) is 5.82 Å². The molecule has 2 aromatic heterocycles. The number of aryl methyl sites for hydroxylation is 1. The van der Waals surface area contributed by atoms with Crippen LogP contribution < -0.4 is 5.73 Å². The van der Waals surface area contributed by atoms with Gasteiger partial charge in [0.2, 0.25) is 0 Å². The molecule has 1 aromatic carbocycles. The van der Waals surface area contributed by atoms with Crippen molar-refractivity contribution in [2.75, 3.05) is 6.54 Å². The lowest BCUT2D eigenvalue weighted by Gasteiger charge is -2.05. The first-order chi connectivity index (χ1) is 10.2. The van der Waals surface area contributed by atoms with Crippen LogP contribution in [0.15, 0.2) is 30.7 Å². The molecule has 0 aliphatic rings. The van der Waals surface area contributed by atoms with Gasteiger partial charge in [0.05, 0.1) is 17.4 Å². The largest absolute Gasteiger partial charge is 0.335 e. The molecule has 0 fully saturated rings. The first-order valence-electron chi connectivity index (χ1n) is 7.11. The first kappa shape index (κ1) is 13.8. The molecule has 0 radical (unpaired) electrons. The SMILES string of the molecule is CCCn1c(-c2cn(CCN)cn2)nc2cc(F)ccc21. The molecule has 3 rings (SSSR count). The number of imidazole rings is 2. The Kier molecular flexibility index (Phi) is 3.70. The summed E-state index contributed by atoms with van der Waals surface area (Å²) in [5.74, 6) is 0.497. The van der Waals surface area contributed by atoms with E-state index in [1.54, 1.807) is 12.4 Å². The summed E-state index contributed by atoms with van der Waals surface area (Å²) in [6.07, 6.45) is 4.65. The van der Waals surface area contributed by atoms with E-state index in [2.05, 4.69) is 21.5 Å². The van der Waals surface area contributed by atoms with Crippen molar-refractivity contribution in [3.63, 3.8) is 0 Å². The van der Waals surface area contributed by atoms with Crippen molar-refractivity contribution >= 4 is 11.0 Å². The van der Waals surface area contributed by atoms with Gasteiger partial charge in [-0.15, -0.1) is 0 Å². The van der Waals surface area contributed by atoms with Crippen LogP contribution in [0.1, 0.15) is 13.3 Å². The van der Waals surface area contributed by atoms with E-state index in [0.29, 0.717) is 12.1 Å². The highest BCUT2D eigenvalue weighted by Crippen LogP contribution is 2.24. The van der Waals surface area contributed by atoms with E-state index in [4.69, 9.17) is 5.73 Å². The maximum Gasteiger partial charge on any atom is 0.161 e. The molecule has 110 valence electrons. The predicted octanol–water partition coefficient (Wildman–Crippen LogP) is 2.41. The molecule has 2 heterocycles. The van der Waals surface area contributed by atoms with E-state index in [1.807, 2.05) is 10.8 Å². The normalized spacial score (nSPS) is 11.4.